The van der Waals surface area contributed by atoms with E-state index in [1.165, 1.54) is 4.90 Å². The van der Waals surface area contributed by atoms with Crippen molar-refractivity contribution >= 4 is 23.4 Å². The molecule has 24 heavy (non-hydrogen) atoms. The van der Waals surface area contributed by atoms with Crippen molar-refractivity contribution in [1.29, 1.82) is 0 Å². The summed E-state index contributed by atoms with van der Waals surface area (Å²) in [5.41, 5.74) is 4.53. The Balaban J connectivity index is 1.91. The number of pyridine rings is 1. The van der Waals surface area contributed by atoms with E-state index < -0.39 is 35.3 Å². The van der Waals surface area contributed by atoms with Gasteiger partial charge in [-0.1, -0.05) is 11.8 Å². The van der Waals surface area contributed by atoms with E-state index in [2.05, 4.69) is 10.3 Å². The minimum absolute atomic E-state index is 0.00289. The number of hydrogen-bond acceptors (Lipinski definition) is 5. The molecular weight excluding hydrogens is 348 g/mol. The highest BCUT2D eigenvalue weighted by molar-refractivity contribution is 8.04. The molecule has 2 heterocycles. The highest BCUT2D eigenvalue weighted by atomic mass is 32.2. The average molecular weight is 362 g/mol. The van der Waals surface area contributed by atoms with Crippen LogP contribution in [0.25, 0.3) is 0 Å². The SMILES string of the molecule is CC1=C(C(N)=O)N(C2CCC2(F)F)C(Nc2cc(F)nc(F)c2)S1. The van der Waals surface area contributed by atoms with Crippen molar-refractivity contribution in [2.75, 3.05) is 5.32 Å². The summed E-state index contributed by atoms with van der Waals surface area (Å²) >= 11 is 1.09. The molecule has 2 unspecified atom stereocenters. The predicted octanol–water partition coefficient (Wildman–Crippen LogP) is 2.62. The molecule has 1 aliphatic heterocycles. The molecule has 130 valence electrons. The van der Waals surface area contributed by atoms with Crippen LogP contribution < -0.4 is 11.1 Å². The lowest BCUT2D eigenvalue weighted by Gasteiger charge is -2.46. The van der Waals surface area contributed by atoms with E-state index in [0.717, 1.165) is 23.9 Å². The summed E-state index contributed by atoms with van der Waals surface area (Å²) in [6.45, 7) is 1.59. The first-order valence-corrected chi connectivity index (χ1v) is 8.00. The Labute approximate surface area is 139 Å². The minimum Gasteiger partial charge on any atom is -0.364 e. The second-order valence-electron chi connectivity index (χ2n) is 5.61. The van der Waals surface area contributed by atoms with Gasteiger partial charge in [-0.05, 0) is 13.3 Å². The van der Waals surface area contributed by atoms with Gasteiger partial charge in [0.25, 0.3) is 11.8 Å². The van der Waals surface area contributed by atoms with Crippen LogP contribution in [0, 0.1) is 11.9 Å². The molecule has 0 radical (unpaired) electrons. The molecule has 2 aliphatic rings. The number of hydrogen-bond donors (Lipinski definition) is 2. The first-order valence-electron chi connectivity index (χ1n) is 7.12. The van der Waals surface area contributed by atoms with E-state index in [4.69, 9.17) is 5.73 Å². The number of thioether (sulfide) groups is 1. The Morgan fingerprint density at radius 3 is 2.50 bits per heavy atom. The number of alkyl halides is 2. The van der Waals surface area contributed by atoms with Crippen molar-refractivity contribution in [2.24, 2.45) is 5.73 Å². The standard InChI is InChI=1S/C14H14F4N4OS/c1-6-11(12(19)23)22(8-2-3-14(8,17)18)13(24-6)20-7-4-9(15)21-10(16)5-7/h4-5,8,13H,2-3H2,1H3,(H2,19,23)(H,20,21). The first kappa shape index (κ1) is 16.9. The molecule has 2 atom stereocenters. The van der Waals surface area contributed by atoms with Crippen LogP contribution in [-0.4, -0.2) is 33.3 Å². The van der Waals surface area contributed by atoms with Crippen molar-refractivity contribution in [1.82, 2.24) is 9.88 Å². The highest BCUT2D eigenvalue weighted by Gasteiger charge is 2.55. The molecule has 0 bridgehead atoms. The molecule has 5 nitrogen and oxygen atoms in total. The number of halogens is 4. The van der Waals surface area contributed by atoms with Gasteiger partial charge < -0.3 is 16.0 Å². The summed E-state index contributed by atoms with van der Waals surface area (Å²) in [4.78, 5) is 16.3. The van der Waals surface area contributed by atoms with Gasteiger partial charge in [-0.25, -0.2) is 8.78 Å². The summed E-state index contributed by atoms with van der Waals surface area (Å²) in [6, 6.07) is 0.690. The van der Waals surface area contributed by atoms with Crippen LogP contribution in [-0.2, 0) is 4.79 Å². The summed E-state index contributed by atoms with van der Waals surface area (Å²) in [5, 5.41) is 2.76. The fraction of sp³-hybridized carbons (Fsp3) is 0.429. The Bertz CT molecular complexity index is 706. The summed E-state index contributed by atoms with van der Waals surface area (Å²) in [6.07, 6.45) is -0.0932. The summed E-state index contributed by atoms with van der Waals surface area (Å²) in [5.74, 6) is -5.86. The maximum Gasteiger partial charge on any atom is 0.268 e. The van der Waals surface area contributed by atoms with Crippen LogP contribution >= 0.6 is 11.8 Å². The molecule has 0 aromatic carbocycles. The number of amides is 1. The first-order chi connectivity index (χ1) is 11.2. The third kappa shape index (κ3) is 2.90. The average Bonchev–Trinajstić information content (AvgIpc) is 2.73. The number of nitrogens with zero attached hydrogens (tertiary/aromatic N) is 2. The molecule has 3 rings (SSSR count). The molecule has 0 saturated heterocycles. The lowest BCUT2D eigenvalue weighted by Crippen LogP contribution is -2.58. The number of nitrogens with one attached hydrogen (secondary N) is 1. The molecular formula is C14H14F4N4OS. The van der Waals surface area contributed by atoms with Crippen LogP contribution in [0.1, 0.15) is 19.8 Å². The van der Waals surface area contributed by atoms with Crippen LogP contribution in [0.3, 0.4) is 0 Å². The summed E-state index contributed by atoms with van der Waals surface area (Å²) in [7, 11) is 0. The molecule has 1 amide bonds. The Morgan fingerprint density at radius 2 is 2.04 bits per heavy atom. The molecule has 1 fully saturated rings. The largest absolute Gasteiger partial charge is 0.364 e. The molecule has 10 heteroatoms. The number of nitrogens with two attached hydrogens (primary N) is 1. The van der Waals surface area contributed by atoms with Crippen LogP contribution in [0.2, 0.25) is 0 Å². The second kappa shape index (κ2) is 5.83. The lowest BCUT2D eigenvalue weighted by atomic mass is 9.86. The minimum atomic E-state index is -2.96. The normalized spacial score (nSPS) is 25.6. The van der Waals surface area contributed by atoms with Gasteiger partial charge in [0.1, 0.15) is 5.70 Å². The predicted molar refractivity (Wildman–Crippen MR) is 80.9 cm³/mol. The number of anilines is 1. The molecule has 1 aromatic heterocycles. The van der Waals surface area contributed by atoms with Crippen molar-refractivity contribution < 1.29 is 22.4 Å². The number of carbonyl (C=O) groups excluding carboxylic acids is 1. The molecule has 1 saturated carbocycles. The van der Waals surface area contributed by atoms with E-state index in [1.807, 2.05) is 0 Å². The Kier molecular flexibility index (Phi) is 4.10. The number of primary amides is 1. The van der Waals surface area contributed by atoms with E-state index in [1.54, 1.807) is 6.92 Å². The van der Waals surface area contributed by atoms with E-state index in [0.29, 0.717) is 4.91 Å². The Morgan fingerprint density at radius 1 is 1.42 bits per heavy atom. The van der Waals surface area contributed by atoms with Crippen molar-refractivity contribution in [3.05, 3.63) is 34.6 Å². The monoisotopic (exact) mass is 362 g/mol. The molecule has 3 N–H and O–H groups in total. The van der Waals surface area contributed by atoms with Crippen LogP contribution in [0.4, 0.5) is 23.2 Å². The number of aromatic nitrogens is 1. The van der Waals surface area contributed by atoms with Gasteiger partial charge >= 0.3 is 0 Å². The molecule has 0 spiro atoms. The van der Waals surface area contributed by atoms with Gasteiger partial charge in [-0.3, -0.25) is 4.79 Å². The van der Waals surface area contributed by atoms with Gasteiger partial charge in [0.2, 0.25) is 11.9 Å². The van der Waals surface area contributed by atoms with Crippen LogP contribution in [0.5, 0.6) is 0 Å². The maximum atomic E-state index is 13.9. The summed E-state index contributed by atoms with van der Waals surface area (Å²) < 4.78 is 54.2. The molecule has 1 aromatic rings. The highest BCUT2D eigenvalue weighted by Crippen LogP contribution is 2.49. The van der Waals surface area contributed by atoms with E-state index in [9.17, 15) is 22.4 Å². The fourth-order valence-electron chi connectivity index (χ4n) is 2.82. The quantitative estimate of drug-likeness (QED) is 0.636. The number of carbonyl (C=O) groups is 1. The zero-order chi connectivity index (χ0) is 17.6. The van der Waals surface area contributed by atoms with E-state index >= 15 is 0 Å². The van der Waals surface area contributed by atoms with Gasteiger partial charge in [-0.15, -0.1) is 0 Å². The topological polar surface area (TPSA) is 71.2 Å². The van der Waals surface area contributed by atoms with Crippen molar-refractivity contribution in [2.45, 2.75) is 37.2 Å². The fourth-order valence-corrected chi connectivity index (χ4v) is 4.04. The maximum absolute atomic E-state index is 13.9. The van der Waals surface area contributed by atoms with Gasteiger partial charge in [0.05, 0.1) is 6.04 Å². The van der Waals surface area contributed by atoms with Gasteiger partial charge in [0, 0.05) is 29.1 Å². The van der Waals surface area contributed by atoms with E-state index in [-0.39, 0.29) is 24.2 Å². The zero-order valence-corrected chi connectivity index (χ0v) is 13.3. The van der Waals surface area contributed by atoms with Crippen molar-refractivity contribution in [3.8, 4) is 0 Å². The number of rotatable bonds is 4. The van der Waals surface area contributed by atoms with Gasteiger partial charge in [-0.2, -0.15) is 13.8 Å². The number of allylic oxidation sites excluding steroid dienone is 1. The second-order valence-corrected chi connectivity index (χ2v) is 6.90. The van der Waals surface area contributed by atoms with Crippen LogP contribution in [0.15, 0.2) is 22.7 Å². The van der Waals surface area contributed by atoms with Gasteiger partial charge in [0.15, 0.2) is 5.50 Å². The smallest absolute Gasteiger partial charge is 0.268 e. The Hall–Kier alpha value is -1.97. The third-order valence-electron chi connectivity index (χ3n) is 3.99. The lowest BCUT2D eigenvalue weighted by molar-refractivity contribution is -0.145. The van der Waals surface area contributed by atoms with Crippen molar-refractivity contribution in [3.63, 3.8) is 0 Å². The third-order valence-corrected chi connectivity index (χ3v) is 5.11. The molecule has 1 aliphatic carbocycles. The zero-order valence-electron chi connectivity index (χ0n) is 12.5.